The largest absolute Gasteiger partial charge is 0.495 e. The average Bonchev–Trinajstić information content (AvgIpc) is 2.69. The maximum absolute atomic E-state index is 12.5. The first-order valence-electron chi connectivity index (χ1n) is 9.55. The molecule has 1 fully saturated rings. The molecule has 27 heavy (non-hydrogen) atoms. The predicted molar refractivity (Wildman–Crippen MR) is 111 cm³/mol. The summed E-state index contributed by atoms with van der Waals surface area (Å²) in [5.41, 5.74) is 2.21. The Morgan fingerprint density at radius 1 is 1.19 bits per heavy atom. The van der Waals surface area contributed by atoms with Gasteiger partial charge in [0.1, 0.15) is 5.75 Å². The number of hydrogen-bond donors (Lipinski definition) is 1. The van der Waals surface area contributed by atoms with E-state index in [0.717, 1.165) is 43.8 Å². The molecule has 0 radical (unpaired) electrons. The Kier molecular flexibility index (Phi) is 6.99. The Bertz CT molecular complexity index is 743. The third kappa shape index (κ3) is 5.64. The van der Waals surface area contributed by atoms with E-state index in [0.29, 0.717) is 23.9 Å². The molecular weight excluding hydrogens is 360 g/mol. The molecular formula is C22H27ClN2O2. The van der Waals surface area contributed by atoms with Crippen LogP contribution in [-0.4, -0.2) is 37.6 Å². The summed E-state index contributed by atoms with van der Waals surface area (Å²) in [6.07, 6.45) is 3.74. The van der Waals surface area contributed by atoms with Crippen molar-refractivity contribution >= 4 is 23.2 Å². The van der Waals surface area contributed by atoms with E-state index in [1.165, 1.54) is 5.56 Å². The molecule has 2 aromatic rings. The minimum atomic E-state index is 0.210. The molecule has 0 aliphatic carbocycles. The smallest absolute Gasteiger partial charge is 0.224 e. The number of rotatable bonds is 7. The zero-order chi connectivity index (χ0) is 19.1. The Labute approximate surface area is 166 Å². The number of carbonyl (C=O) groups excluding carboxylic acids is 1. The summed E-state index contributed by atoms with van der Waals surface area (Å²) in [5.74, 6) is 1.61. The van der Waals surface area contributed by atoms with Gasteiger partial charge in [-0.15, -0.1) is 0 Å². The van der Waals surface area contributed by atoms with Crippen LogP contribution in [-0.2, 0) is 11.2 Å². The molecule has 1 aliphatic heterocycles. The Morgan fingerprint density at radius 2 is 1.93 bits per heavy atom. The Hall–Kier alpha value is -2.20. The van der Waals surface area contributed by atoms with Crippen molar-refractivity contribution < 1.29 is 9.53 Å². The molecule has 0 atom stereocenters. The first-order valence-corrected chi connectivity index (χ1v) is 9.92. The molecule has 144 valence electrons. The number of piperidine rings is 1. The monoisotopic (exact) mass is 386 g/mol. The van der Waals surface area contributed by atoms with Crippen molar-refractivity contribution in [2.45, 2.75) is 25.7 Å². The van der Waals surface area contributed by atoms with Gasteiger partial charge in [-0.3, -0.25) is 4.79 Å². The summed E-state index contributed by atoms with van der Waals surface area (Å²) in [7, 11) is 1.62. The Balaban J connectivity index is 1.41. The molecule has 1 N–H and O–H groups in total. The molecule has 3 rings (SSSR count). The van der Waals surface area contributed by atoms with Crippen LogP contribution in [0.3, 0.4) is 0 Å². The second-order valence-electron chi connectivity index (χ2n) is 7.04. The third-order valence-electron chi connectivity index (χ3n) is 5.15. The van der Waals surface area contributed by atoms with Crippen molar-refractivity contribution in [3.63, 3.8) is 0 Å². The highest BCUT2D eigenvalue weighted by Crippen LogP contribution is 2.27. The van der Waals surface area contributed by atoms with E-state index in [1.807, 2.05) is 17.0 Å². The van der Waals surface area contributed by atoms with Gasteiger partial charge >= 0.3 is 0 Å². The maximum atomic E-state index is 12.5. The molecule has 0 spiro atoms. The van der Waals surface area contributed by atoms with Crippen LogP contribution in [0.2, 0.25) is 5.02 Å². The lowest BCUT2D eigenvalue weighted by atomic mass is 9.90. The van der Waals surface area contributed by atoms with Gasteiger partial charge in [-0.05, 0) is 48.9 Å². The van der Waals surface area contributed by atoms with Gasteiger partial charge in [0.05, 0.1) is 12.8 Å². The van der Waals surface area contributed by atoms with Crippen LogP contribution < -0.4 is 10.1 Å². The molecule has 0 aromatic heterocycles. The zero-order valence-electron chi connectivity index (χ0n) is 15.8. The van der Waals surface area contributed by atoms with Crippen LogP contribution in [0.15, 0.2) is 48.5 Å². The number of nitrogens with zero attached hydrogens (tertiary/aromatic N) is 1. The van der Waals surface area contributed by atoms with E-state index in [4.69, 9.17) is 16.3 Å². The van der Waals surface area contributed by atoms with E-state index >= 15 is 0 Å². The second kappa shape index (κ2) is 9.65. The van der Waals surface area contributed by atoms with E-state index in [-0.39, 0.29) is 5.91 Å². The lowest BCUT2D eigenvalue weighted by molar-refractivity contribution is -0.132. The van der Waals surface area contributed by atoms with E-state index in [2.05, 4.69) is 35.6 Å². The van der Waals surface area contributed by atoms with Crippen molar-refractivity contribution in [1.29, 1.82) is 0 Å². The van der Waals surface area contributed by atoms with Crippen molar-refractivity contribution in [3.05, 3.63) is 59.1 Å². The molecule has 1 heterocycles. The normalized spacial score (nSPS) is 14.8. The molecule has 0 bridgehead atoms. The van der Waals surface area contributed by atoms with Crippen molar-refractivity contribution in [2.75, 3.05) is 32.1 Å². The fraction of sp³-hybridized carbons (Fsp3) is 0.409. The third-order valence-corrected chi connectivity index (χ3v) is 5.39. The minimum absolute atomic E-state index is 0.210. The fourth-order valence-corrected chi connectivity index (χ4v) is 3.79. The van der Waals surface area contributed by atoms with Crippen LogP contribution >= 0.6 is 11.6 Å². The summed E-state index contributed by atoms with van der Waals surface area (Å²) in [6, 6.07) is 16.0. The number of ether oxygens (including phenoxy) is 1. The molecule has 0 saturated carbocycles. The molecule has 0 unspecified atom stereocenters. The topological polar surface area (TPSA) is 41.6 Å². The van der Waals surface area contributed by atoms with E-state index in [1.54, 1.807) is 13.2 Å². The van der Waals surface area contributed by atoms with Crippen molar-refractivity contribution in [1.82, 2.24) is 4.90 Å². The number of carbonyl (C=O) groups is 1. The molecule has 1 amide bonds. The number of nitrogens with one attached hydrogen (secondary N) is 1. The lowest BCUT2D eigenvalue weighted by Crippen LogP contribution is -2.39. The van der Waals surface area contributed by atoms with Gasteiger partial charge < -0.3 is 15.0 Å². The molecule has 2 aromatic carbocycles. The number of likely N-dealkylation sites (tertiary alicyclic amines) is 1. The number of benzene rings is 2. The number of amides is 1. The summed E-state index contributed by atoms with van der Waals surface area (Å²) >= 11 is 6.04. The second-order valence-corrected chi connectivity index (χ2v) is 7.47. The average molecular weight is 387 g/mol. The van der Waals surface area contributed by atoms with Gasteiger partial charge in [0.15, 0.2) is 0 Å². The van der Waals surface area contributed by atoms with Gasteiger partial charge in [-0.1, -0.05) is 41.9 Å². The zero-order valence-corrected chi connectivity index (χ0v) is 16.5. The van der Waals surface area contributed by atoms with Crippen LogP contribution in [0, 0.1) is 5.92 Å². The van der Waals surface area contributed by atoms with E-state index in [9.17, 15) is 4.79 Å². The summed E-state index contributed by atoms with van der Waals surface area (Å²) < 4.78 is 5.32. The number of methoxy groups -OCH3 is 1. The van der Waals surface area contributed by atoms with Crippen molar-refractivity contribution in [2.24, 2.45) is 5.92 Å². The summed E-state index contributed by atoms with van der Waals surface area (Å²) in [4.78, 5) is 14.5. The summed E-state index contributed by atoms with van der Waals surface area (Å²) in [6.45, 7) is 2.28. The first-order chi connectivity index (χ1) is 13.2. The number of halogens is 1. The quantitative estimate of drug-likeness (QED) is 0.754. The molecule has 4 nitrogen and oxygen atoms in total. The highest BCUT2D eigenvalue weighted by molar-refractivity contribution is 6.30. The van der Waals surface area contributed by atoms with E-state index < -0.39 is 0 Å². The van der Waals surface area contributed by atoms with Crippen LogP contribution in [0.1, 0.15) is 24.8 Å². The van der Waals surface area contributed by atoms with Gasteiger partial charge in [-0.2, -0.15) is 0 Å². The lowest BCUT2D eigenvalue weighted by Gasteiger charge is -2.32. The first kappa shape index (κ1) is 19.6. The van der Waals surface area contributed by atoms with Crippen LogP contribution in [0.5, 0.6) is 5.75 Å². The Morgan fingerprint density at radius 3 is 2.63 bits per heavy atom. The van der Waals surface area contributed by atoms with Gasteiger partial charge in [-0.25, -0.2) is 0 Å². The highest BCUT2D eigenvalue weighted by Gasteiger charge is 2.22. The molecule has 1 saturated heterocycles. The highest BCUT2D eigenvalue weighted by atomic mass is 35.5. The van der Waals surface area contributed by atoms with Crippen LogP contribution in [0.25, 0.3) is 0 Å². The predicted octanol–water partition coefficient (Wildman–Crippen LogP) is 4.63. The SMILES string of the molecule is COc1ccc(Cl)cc1NCCC(=O)N1CCC(Cc2ccccc2)CC1. The number of anilines is 1. The molecule has 5 heteroatoms. The van der Waals surface area contributed by atoms with Gasteiger partial charge in [0, 0.05) is 31.1 Å². The minimum Gasteiger partial charge on any atom is -0.495 e. The number of hydrogen-bond acceptors (Lipinski definition) is 3. The van der Waals surface area contributed by atoms with Gasteiger partial charge in [0.25, 0.3) is 0 Å². The maximum Gasteiger partial charge on any atom is 0.224 e. The van der Waals surface area contributed by atoms with Gasteiger partial charge in [0.2, 0.25) is 5.91 Å². The summed E-state index contributed by atoms with van der Waals surface area (Å²) in [5, 5.41) is 3.90. The van der Waals surface area contributed by atoms with Crippen molar-refractivity contribution in [3.8, 4) is 5.75 Å². The fourth-order valence-electron chi connectivity index (χ4n) is 3.61. The molecule has 1 aliphatic rings. The standard InChI is InChI=1S/C22H27ClN2O2/c1-27-21-8-7-19(23)16-20(21)24-12-9-22(26)25-13-10-18(11-14-25)15-17-5-3-2-4-6-17/h2-8,16,18,24H,9-15H2,1H3. The van der Waals surface area contributed by atoms with Crippen LogP contribution in [0.4, 0.5) is 5.69 Å².